The second kappa shape index (κ2) is 9.25. The Kier molecular flexibility index (Phi) is 7.40. The average Bonchev–Trinajstić information content (AvgIpc) is 2.70. The van der Waals surface area contributed by atoms with Gasteiger partial charge in [-0.1, -0.05) is 26.0 Å². The molecule has 0 spiro atoms. The van der Waals surface area contributed by atoms with Crippen LogP contribution in [0, 0.1) is 6.92 Å². The van der Waals surface area contributed by atoms with Crippen LogP contribution in [0.4, 0.5) is 5.69 Å². The van der Waals surface area contributed by atoms with Gasteiger partial charge in [0.15, 0.2) is 0 Å². The third kappa shape index (κ3) is 4.89. The highest BCUT2D eigenvalue weighted by atomic mass is 32.2. The highest BCUT2D eigenvalue weighted by Crippen LogP contribution is 2.24. The molecule has 0 bridgehead atoms. The fraction of sp³-hybridized carbons (Fsp3) is 0.350. The molecule has 164 valence electrons. The highest BCUT2D eigenvalue weighted by Gasteiger charge is 2.23. The summed E-state index contributed by atoms with van der Waals surface area (Å²) in [5.41, 5.74) is 1.17. The van der Waals surface area contributed by atoms with E-state index in [-0.39, 0.29) is 15.4 Å². The average molecular weight is 454 g/mol. The van der Waals surface area contributed by atoms with Gasteiger partial charge in [0.25, 0.3) is 5.91 Å². The van der Waals surface area contributed by atoms with Gasteiger partial charge >= 0.3 is 0 Å². The molecule has 30 heavy (non-hydrogen) atoms. The molecule has 1 amide bonds. The van der Waals surface area contributed by atoms with Crippen molar-refractivity contribution in [3.05, 3.63) is 53.6 Å². The number of carbonyl (C=O) groups excluding carboxylic acids is 1. The topological polar surface area (TPSA) is 104 Å². The lowest BCUT2D eigenvalue weighted by Crippen LogP contribution is -2.30. The maximum absolute atomic E-state index is 12.8. The van der Waals surface area contributed by atoms with Crippen molar-refractivity contribution in [2.45, 2.75) is 30.6 Å². The van der Waals surface area contributed by atoms with Gasteiger partial charge in [0.1, 0.15) is 0 Å². The Morgan fingerprint density at radius 1 is 0.900 bits per heavy atom. The standard InChI is InChI=1S/C20H27N3O5S2/c1-6-23(7-2)30(27,28)18-12-11-15(3)19(14-18)21-20(24)16-9-8-10-17(13-16)29(25,26)22(4)5/h8-14H,6-7H2,1-5H3,(H,21,24). The number of anilines is 1. The Morgan fingerprint density at radius 2 is 1.50 bits per heavy atom. The minimum absolute atomic E-state index is 0.00488. The lowest BCUT2D eigenvalue weighted by atomic mass is 10.1. The van der Waals surface area contributed by atoms with E-state index in [2.05, 4.69) is 5.32 Å². The lowest BCUT2D eigenvalue weighted by Gasteiger charge is -2.19. The molecule has 0 unspecified atom stereocenters. The van der Waals surface area contributed by atoms with Crippen molar-refractivity contribution in [2.24, 2.45) is 0 Å². The summed E-state index contributed by atoms with van der Waals surface area (Å²) in [5, 5.41) is 2.69. The predicted molar refractivity (Wildman–Crippen MR) is 117 cm³/mol. The molecular weight excluding hydrogens is 426 g/mol. The highest BCUT2D eigenvalue weighted by molar-refractivity contribution is 7.89. The Morgan fingerprint density at radius 3 is 2.07 bits per heavy atom. The summed E-state index contributed by atoms with van der Waals surface area (Å²) < 4.78 is 52.6. The van der Waals surface area contributed by atoms with Crippen LogP contribution in [0.25, 0.3) is 0 Å². The van der Waals surface area contributed by atoms with Crippen LogP contribution in [0.3, 0.4) is 0 Å². The van der Waals surface area contributed by atoms with Crippen LogP contribution >= 0.6 is 0 Å². The monoisotopic (exact) mass is 453 g/mol. The smallest absolute Gasteiger partial charge is 0.255 e. The van der Waals surface area contributed by atoms with Crippen LogP contribution in [-0.4, -0.2) is 58.5 Å². The molecule has 0 aromatic heterocycles. The van der Waals surface area contributed by atoms with Gasteiger partial charge in [-0.3, -0.25) is 4.79 Å². The van der Waals surface area contributed by atoms with Crippen LogP contribution in [0.1, 0.15) is 29.8 Å². The maximum atomic E-state index is 12.8. The van der Waals surface area contributed by atoms with Gasteiger partial charge in [-0.25, -0.2) is 21.1 Å². The lowest BCUT2D eigenvalue weighted by molar-refractivity contribution is 0.102. The minimum atomic E-state index is -3.69. The summed E-state index contributed by atoms with van der Waals surface area (Å²) in [5.74, 6) is -0.536. The Labute approximate surface area is 178 Å². The first-order valence-corrected chi connectivity index (χ1v) is 12.3. The molecule has 0 saturated carbocycles. The Bertz CT molecular complexity index is 1140. The Hall–Kier alpha value is -2.27. The van der Waals surface area contributed by atoms with Gasteiger partial charge in [-0.05, 0) is 42.8 Å². The largest absolute Gasteiger partial charge is 0.322 e. The number of nitrogens with zero attached hydrogens (tertiary/aromatic N) is 2. The molecule has 0 aliphatic carbocycles. The van der Waals surface area contributed by atoms with Crippen molar-refractivity contribution in [1.82, 2.24) is 8.61 Å². The van der Waals surface area contributed by atoms with E-state index in [0.717, 1.165) is 4.31 Å². The number of carbonyl (C=O) groups is 1. The van der Waals surface area contributed by atoms with Gasteiger partial charge in [0.05, 0.1) is 9.79 Å². The zero-order valence-electron chi connectivity index (χ0n) is 17.7. The first-order valence-electron chi connectivity index (χ1n) is 9.39. The first kappa shape index (κ1) is 24.0. The number of rotatable bonds is 8. The molecule has 0 heterocycles. The second-order valence-electron chi connectivity index (χ2n) is 6.84. The zero-order valence-corrected chi connectivity index (χ0v) is 19.3. The van der Waals surface area contributed by atoms with E-state index in [1.54, 1.807) is 26.8 Å². The SMILES string of the molecule is CCN(CC)S(=O)(=O)c1ccc(C)c(NC(=O)c2cccc(S(=O)(=O)N(C)C)c2)c1. The molecule has 2 rings (SSSR count). The molecule has 2 aromatic rings. The van der Waals surface area contributed by atoms with Gasteiger partial charge in [-0.15, -0.1) is 0 Å². The van der Waals surface area contributed by atoms with E-state index < -0.39 is 26.0 Å². The maximum Gasteiger partial charge on any atom is 0.255 e. The summed E-state index contributed by atoms with van der Waals surface area (Å²) in [6.07, 6.45) is 0. The zero-order chi connectivity index (χ0) is 22.7. The Balaban J connectivity index is 2.39. The van der Waals surface area contributed by atoms with Crippen molar-refractivity contribution in [1.29, 1.82) is 0 Å². The molecule has 8 nitrogen and oxygen atoms in total. The van der Waals surface area contributed by atoms with E-state index in [9.17, 15) is 21.6 Å². The third-order valence-corrected chi connectivity index (χ3v) is 8.53. The van der Waals surface area contributed by atoms with Gasteiger partial charge in [0.2, 0.25) is 20.0 Å². The first-order chi connectivity index (χ1) is 13.9. The molecule has 0 aliphatic rings. The van der Waals surface area contributed by atoms with Crippen molar-refractivity contribution in [3.63, 3.8) is 0 Å². The van der Waals surface area contributed by atoms with Gasteiger partial charge in [0, 0.05) is 38.4 Å². The summed E-state index contributed by atoms with van der Waals surface area (Å²) in [6, 6.07) is 10.2. The van der Waals surface area contributed by atoms with Crippen LogP contribution in [0.2, 0.25) is 0 Å². The fourth-order valence-electron chi connectivity index (χ4n) is 2.81. The minimum Gasteiger partial charge on any atom is -0.322 e. The third-order valence-electron chi connectivity index (χ3n) is 4.68. The predicted octanol–water partition coefficient (Wildman–Crippen LogP) is 2.53. The summed E-state index contributed by atoms with van der Waals surface area (Å²) in [6.45, 7) is 5.93. The van der Waals surface area contributed by atoms with Crippen molar-refractivity contribution in [2.75, 3.05) is 32.5 Å². The summed E-state index contributed by atoms with van der Waals surface area (Å²) in [7, 11) is -4.55. The van der Waals surface area contributed by atoms with E-state index in [1.165, 1.54) is 54.8 Å². The number of hydrogen-bond acceptors (Lipinski definition) is 5. The van der Waals surface area contributed by atoms with E-state index in [4.69, 9.17) is 0 Å². The van der Waals surface area contributed by atoms with Crippen LogP contribution in [0.5, 0.6) is 0 Å². The van der Waals surface area contributed by atoms with Crippen LogP contribution < -0.4 is 5.32 Å². The van der Waals surface area contributed by atoms with Crippen LogP contribution in [-0.2, 0) is 20.0 Å². The van der Waals surface area contributed by atoms with E-state index >= 15 is 0 Å². The van der Waals surface area contributed by atoms with Crippen LogP contribution in [0.15, 0.2) is 52.3 Å². The quantitative estimate of drug-likeness (QED) is 0.661. The molecule has 1 N–H and O–H groups in total. The number of nitrogens with one attached hydrogen (secondary N) is 1. The number of amides is 1. The molecule has 2 aromatic carbocycles. The van der Waals surface area contributed by atoms with Gasteiger partial charge in [-0.2, -0.15) is 4.31 Å². The summed E-state index contributed by atoms with van der Waals surface area (Å²) >= 11 is 0. The molecule has 10 heteroatoms. The molecule has 0 atom stereocenters. The molecule has 0 fully saturated rings. The number of benzene rings is 2. The van der Waals surface area contributed by atoms with Gasteiger partial charge < -0.3 is 5.32 Å². The molecule has 0 radical (unpaired) electrons. The van der Waals surface area contributed by atoms with Crippen molar-refractivity contribution >= 4 is 31.6 Å². The summed E-state index contributed by atoms with van der Waals surface area (Å²) in [4.78, 5) is 12.8. The molecule has 0 aliphatic heterocycles. The normalized spacial score (nSPS) is 12.4. The number of sulfonamides is 2. The van der Waals surface area contributed by atoms with Crippen molar-refractivity contribution < 1.29 is 21.6 Å². The fourth-order valence-corrected chi connectivity index (χ4v) is 5.24. The van der Waals surface area contributed by atoms with E-state index in [1.807, 2.05) is 0 Å². The number of hydrogen-bond donors (Lipinski definition) is 1. The molecular formula is C20H27N3O5S2. The second-order valence-corrected chi connectivity index (χ2v) is 10.9. The molecule has 0 saturated heterocycles. The van der Waals surface area contributed by atoms with Crippen molar-refractivity contribution in [3.8, 4) is 0 Å². The van der Waals surface area contributed by atoms with E-state index in [0.29, 0.717) is 24.3 Å². The number of aryl methyl sites for hydroxylation is 1.